The highest BCUT2D eigenvalue weighted by atomic mass is 16.4. The summed E-state index contributed by atoms with van der Waals surface area (Å²) >= 11 is 0. The zero-order chi connectivity index (χ0) is 15.7. The molecule has 2 N–H and O–H groups in total. The molecule has 1 aromatic heterocycles. The number of amides is 1. The van der Waals surface area contributed by atoms with Gasteiger partial charge in [0, 0.05) is 36.9 Å². The number of fused-ring (bicyclic) bond motifs is 1. The predicted molar refractivity (Wildman–Crippen MR) is 79.9 cm³/mol. The Morgan fingerprint density at radius 1 is 1.50 bits per heavy atom. The number of nitrogens with one attached hydrogen (secondary N) is 1. The zero-order valence-electron chi connectivity index (χ0n) is 12.8. The first kappa shape index (κ1) is 15.0. The minimum absolute atomic E-state index is 0.0611. The van der Waals surface area contributed by atoms with E-state index in [0.717, 1.165) is 43.6 Å². The molecule has 1 fully saturated rings. The summed E-state index contributed by atoms with van der Waals surface area (Å²) in [5, 5.41) is 16.5. The molecular formula is C15H22N4O3. The molecule has 0 radical (unpaired) electrons. The van der Waals surface area contributed by atoms with Gasteiger partial charge in [0.15, 0.2) is 5.69 Å². The SMILES string of the molecule is CCn1nc(C(=O)O)c2c1CC[C@@H](N1CCCNC(=O)C1)C2. The predicted octanol–water partition coefficient (Wildman–Crippen LogP) is 0.280. The second-order valence-electron chi connectivity index (χ2n) is 5.97. The van der Waals surface area contributed by atoms with Crippen LogP contribution in [0, 0.1) is 0 Å². The van der Waals surface area contributed by atoms with Gasteiger partial charge in [-0.15, -0.1) is 0 Å². The van der Waals surface area contributed by atoms with Gasteiger partial charge < -0.3 is 10.4 Å². The molecule has 7 nitrogen and oxygen atoms in total. The Labute approximate surface area is 129 Å². The Hall–Kier alpha value is -1.89. The van der Waals surface area contributed by atoms with Crippen LogP contribution in [0.4, 0.5) is 0 Å². The standard InChI is InChI=1S/C15H22N4O3/c1-2-19-12-5-4-10(8-11(12)14(17-19)15(21)22)18-7-3-6-16-13(20)9-18/h10H,2-9H2,1H3,(H,16,20)(H,21,22)/t10-/m1/s1. The fraction of sp³-hybridized carbons (Fsp3) is 0.667. The summed E-state index contributed by atoms with van der Waals surface area (Å²) in [6, 6.07) is 0.226. The third kappa shape index (κ3) is 2.72. The fourth-order valence-corrected chi connectivity index (χ4v) is 3.56. The molecule has 1 aliphatic carbocycles. The van der Waals surface area contributed by atoms with Crippen LogP contribution in [0.15, 0.2) is 0 Å². The van der Waals surface area contributed by atoms with Crippen molar-refractivity contribution >= 4 is 11.9 Å². The molecule has 0 bridgehead atoms. The van der Waals surface area contributed by atoms with Gasteiger partial charge in [-0.1, -0.05) is 0 Å². The van der Waals surface area contributed by atoms with E-state index < -0.39 is 5.97 Å². The largest absolute Gasteiger partial charge is 0.476 e. The highest BCUT2D eigenvalue weighted by Gasteiger charge is 2.32. The second-order valence-corrected chi connectivity index (χ2v) is 5.97. The Balaban J connectivity index is 1.84. The van der Waals surface area contributed by atoms with Crippen molar-refractivity contribution in [1.29, 1.82) is 0 Å². The summed E-state index contributed by atoms with van der Waals surface area (Å²) in [6.45, 7) is 4.67. The third-order valence-electron chi connectivity index (χ3n) is 4.63. The summed E-state index contributed by atoms with van der Waals surface area (Å²) in [5.74, 6) is -0.899. The Kier molecular flexibility index (Phi) is 4.15. The van der Waals surface area contributed by atoms with Crippen LogP contribution in [0.25, 0.3) is 0 Å². The van der Waals surface area contributed by atoms with Crippen molar-refractivity contribution in [3.05, 3.63) is 17.0 Å². The minimum atomic E-state index is -0.960. The number of carboxylic acid groups (broad SMARTS) is 1. The number of rotatable bonds is 3. The van der Waals surface area contributed by atoms with E-state index in [-0.39, 0.29) is 17.6 Å². The van der Waals surface area contributed by atoms with Crippen molar-refractivity contribution in [1.82, 2.24) is 20.0 Å². The Bertz CT molecular complexity index is 596. The van der Waals surface area contributed by atoms with Crippen LogP contribution in [0.3, 0.4) is 0 Å². The molecular weight excluding hydrogens is 284 g/mol. The van der Waals surface area contributed by atoms with Gasteiger partial charge >= 0.3 is 5.97 Å². The highest BCUT2D eigenvalue weighted by Crippen LogP contribution is 2.28. The second kappa shape index (κ2) is 6.08. The quantitative estimate of drug-likeness (QED) is 0.837. The van der Waals surface area contributed by atoms with Crippen molar-refractivity contribution in [3.63, 3.8) is 0 Å². The lowest BCUT2D eigenvalue weighted by Gasteiger charge is -2.32. The van der Waals surface area contributed by atoms with Gasteiger partial charge in [-0.2, -0.15) is 5.10 Å². The first-order chi connectivity index (χ1) is 10.6. The molecule has 2 heterocycles. The number of aromatic carboxylic acids is 1. The van der Waals surface area contributed by atoms with E-state index >= 15 is 0 Å². The number of hydrogen-bond donors (Lipinski definition) is 2. The van der Waals surface area contributed by atoms with E-state index in [1.54, 1.807) is 0 Å². The van der Waals surface area contributed by atoms with Crippen LogP contribution >= 0.6 is 0 Å². The van der Waals surface area contributed by atoms with Crippen molar-refractivity contribution in [2.45, 2.75) is 45.2 Å². The summed E-state index contributed by atoms with van der Waals surface area (Å²) in [4.78, 5) is 25.4. The van der Waals surface area contributed by atoms with Crippen LogP contribution in [0.5, 0.6) is 0 Å². The van der Waals surface area contributed by atoms with Crippen molar-refractivity contribution < 1.29 is 14.7 Å². The van der Waals surface area contributed by atoms with Gasteiger partial charge in [0.25, 0.3) is 0 Å². The zero-order valence-corrected chi connectivity index (χ0v) is 12.8. The lowest BCUT2D eigenvalue weighted by atomic mass is 9.90. The molecule has 1 amide bonds. The van der Waals surface area contributed by atoms with Gasteiger partial charge in [0.1, 0.15) is 0 Å². The number of carboxylic acids is 1. The summed E-state index contributed by atoms with van der Waals surface area (Å²) in [5.41, 5.74) is 2.09. The van der Waals surface area contributed by atoms with Crippen molar-refractivity contribution in [2.24, 2.45) is 0 Å². The number of aryl methyl sites for hydroxylation is 1. The van der Waals surface area contributed by atoms with E-state index in [9.17, 15) is 14.7 Å². The summed E-state index contributed by atoms with van der Waals surface area (Å²) in [7, 11) is 0. The number of carbonyl (C=O) groups excluding carboxylic acids is 1. The molecule has 0 unspecified atom stereocenters. The number of nitrogens with zero attached hydrogens (tertiary/aromatic N) is 3. The maximum Gasteiger partial charge on any atom is 0.356 e. The molecule has 0 spiro atoms. The molecule has 22 heavy (non-hydrogen) atoms. The number of carbonyl (C=O) groups is 2. The number of hydrogen-bond acceptors (Lipinski definition) is 4. The Morgan fingerprint density at radius 3 is 3.05 bits per heavy atom. The minimum Gasteiger partial charge on any atom is -0.476 e. The van der Waals surface area contributed by atoms with E-state index in [0.29, 0.717) is 19.5 Å². The molecule has 0 saturated carbocycles. The Morgan fingerprint density at radius 2 is 2.32 bits per heavy atom. The average Bonchev–Trinajstić information content (AvgIpc) is 2.74. The molecule has 120 valence electrons. The lowest BCUT2D eigenvalue weighted by Crippen LogP contribution is -2.43. The third-order valence-corrected chi connectivity index (χ3v) is 4.63. The number of aromatic nitrogens is 2. The van der Waals surface area contributed by atoms with Gasteiger partial charge in [-0.3, -0.25) is 14.4 Å². The maximum atomic E-state index is 11.7. The van der Waals surface area contributed by atoms with Crippen LogP contribution in [0.1, 0.15) is 41.5 Å². The summed E-state index contributed by atoms with van der Waals surface area (Å²) < 4.78 is 1.81. The normalized spacial score (nSPS) is 22.8. The van der Waals surface area contributed by atoms with Gasteiger partial charge in [-0.25, -0.2) is 4.79 Å². The molecule has 1 aromatic rings. The first-order valence-corrected chi connectivity index (χ1v) is 7.92. The monoisotopic (exact) mass is 306 g/mol. The van der Waals surface area contributed by atoms with E-state index in [4.69, 9.17) is 0 Å². The molecule has 1 aliphatic heterocycles. The molecule has 3 rings (SSSR count). The maximum absolute atomic E-state index is 11.7. The van der Waals surface area contributed by atoms with Crippen molar-refractivity contribution in [3.8, 4) is 0 Å². The molecule has 0 aromatic carbocycles. The van der Waals surface area contributed by atoms with E-state index in [1.807, 2.05) is 11.6 Å². The summed E-state index contributed by atoms with van der Waals surface area (Å²) in [6.07, 6.45) is 3.39. The smallest absolute Gasteiger partial charge is 0.356 e. The van der Waals surface area contributed by atoms with Gasteiger partial charge in [0.2, 0.25) is 5.91 Å². The van der Waals surface area contributed by atoms with E-state index in [1.165, 1.54) is 0 Å². The van der Waals surface area contributed by atoms with Gasteiger partial charge in [-0.05, 0) is 32.6 Å². The fourth-order valence-electron chi connectivity index (χ4n) is 3.56. The van der Waals surface area contributed by atoms with Crippen LogP contribution in [-0.2, 0) is 24.2 Å². The topological polar surface area (TPSA) is 87.5 Å². The highest BCUT2D eigenvalue weighted by molar-refractivity contribution is 5.87. The van der Waals surface area contributed by atoms with Crippen LogP contribution in [-0.4, -0.2) is 57.3 Å². The van der Waals surface area contributed by atoms with Gasteiger partial charge in [0.05, 0.1) is 6.54 Å². The average molecular weight is 306 g/mol. The van der Waals surface area contributed by atoms with Crippen LogP contribution < -0.4 is 5.32 Å². The van der Waals surface area contributed by atoms with Crippen LogP contribution in [0.2, 0.25) is 0 Å². The first-order valence-electron chi connectivity index (χ1n) is 7.92. The lowest BCUT2D eigenvalue weighted by molar-refractivity contribution is -0.122. The molecule has 1 saturated heterocycles. The van der Waals surface area contributed by atoms with Crippen molar-refractivity contribution in [2.75, 3.05) is 19.6 Å². The molecule has 1 atom stereocenters. The van der Waals surface area contributed by atoms with E-state index in [2.05, 4.69) is 15.3 Å². The molecule has 7 heteroatoms. The molecule has 2 aliphatic rings.